The molecule has 0 bridgehead atoms. The molecule has 0 amide bonds. The van der Waals surface area contributed by atoms with Gasteiger partial charge in [0.1, 0.15) is 5.69 Å². The van der Waals surface area contributed by atoms with Crippen LogP contribution in [-0.4, -0.2) is 24.2 Å². The Labute approximate surface area is 115 Å². The molecule has 1 aromatic heterocycles. The van der Waals surface area contributed by atoms with E-state index in [4.69, 9.17) is 0 Å². The summed E-state index contributed by atoms with van der Waals surface area (Å²) in [6, 6.07) is 4.98. The van der Waals surface area contributed by atoms with Crippen LogP contribution >= 0.6 is 0 Å². The summed E-state index contributed by atoms with van der Waals surface area (Å²) in [6.45, 7) is 0. The van der Waals surface area contributed by atoms with Crippen LogP contribution in [0.5, 0.6) is 0 Å². The molecule has 20 heavy (non-hydrogen) atoms. The zero-order valence-electron chi connectivity index (χ0n) is 11.1. The number of halogens is 3. The maximum absolute atomic E-state index is 12.6. The van der Waals surface area contributed by atoms with Crippen LogP contribution in [-0.2, 0) is 4.74 Å². The first-order valence-corrected chi connectivity index (χ1v) is 6.54. The molecule has 1 fully saturated rings. The number of carbonyl (C=O) groups is 1. The predicted molar refractivity (Wildman–Crippen MR) is 66.3 cm³/mol. The topological polar surface area (TPSA) is 39.2 Å². The Morgan fingerprint density at radius 3 is 2.45 bits per heavy atom. The summed E-state index contributed by atoms with van der Waals surface area (Å²) < 4.78 is 42.4. The molecule has 1 aliphatic carbocycles. The second-order valence-corrected chi connectivity index (χ2v) is 5.03. The number of ether oxygens (including phenoxy) is 1. The number of rotatable bonds is 2. The highest BCUT2D eigenvalue weighted by Crippen LogP contribution is 2.42. The molecule has 0 spiro atoms. The molecular weight excluding hydrogens is 271 g/mol. The zero-order chi connectivity index (χ0) is 14.8. The predicted octanol–water partition coefficient (Wildman–Crippen LogP) is 3.70. The number of carbonyl (C=O) groups excluding carboxylic acids is 1. The van der Waals surface area contributed by atoms with Crippen LogP contribution in [0, 0.1) is 5.92 Å². The average molecular weight is 287 g/mol. The lowest BCUT2D eigenvalue weighted by molar-refractivity contribution is -0.182. The minimum absolute atomic E-state index is 0.0155. The standard InChI is InChI=1S/C14H16F3NO2/c1-20-13(19)12-4-2-3-11(18-12)9-5-7-10(8-6-9)14(15,16)17/h2-4,9-10H,5-8H2,1H3. The summed E-state index contributed by atoms with van der Waals surface area (Å²) in [7, 11) is 1.27. The third-order valence-electron chi connectivity index (χ3n) is 3.77. The van der Waals surface area contributed by atoms with Gasteiger partial charge in [-0.25, -0.2) is 9.78 Å². The third-order valence-corrected chi connectivity index (χ3v) is 3.77. The van der Waals surface area contributed by atoms with Crippen LogP contribution < -0.4 is 0 Å². The molecule has 3 nitrogen and oxygen atoms in total. The number of hydrogen-bond acceptors (Lipinski definition) is 3. The molecule has 0 unspecified atom stereocenters. The lowest BCUT2D eigenvalue weighted by Gasteiger charge is -2.29. The number of pyridine rings is 1. The van der Waals surface area contributed by atoms with Gasteiger partial charge >= 0.3 is 12.1 Å². The van der Waals surface area contributed by atoms with Gasteiger partial charge in [-0.3, -0.25) is 0 Å². The van der Waals surface area contributed by atoms with E-state index in [0.717, 1.165) is 0 Å². The maximum Gasteiger partial charge on any atom is 0.391 e. The average Bonchev–Trinajstić information content (AvgIpc) is 2.46. The molecule has 1 aromatic rings. The largest absolute Gasteiger partial charge is 0.464 e. The first-order valence-electron chi connectivity index (χ1n) is 6.54. The fraction of sp³-hybridized carbons (Fsp3) is 0.571. The van der Waals surface area contributed by atoms with E-state index in [-0.39, 0.29) is 24.5 Å². The summed E-state index contributed by atoms with van der Waals surface area (Å²) >= 11 is 0. The Morgan fingerprint density at radius 1 is 1.25 bits per heavy atom. The number of nitrogens with zero attached hydrogens (tertiary/aromatic N) is 1. The summed E-state index contributed by atoms with van der Waals surface area (Å²) in [5.74, 6) is -1.75. The van der Waals surface area contributed by atoms with Gasteiger partial charge in [0.2, 0.25) is 0 Å². The number of hydrogen-bond donors (Lipinski definition) is 0. The molecule has 0 atom stereocenters. The lowest BCUT2D eigenvalue weighted by Crippen LogP contribution is -2.27. The van der Waals surface area contributed by atoms with Crippen molar-refractivity contribution in [2.24, 2.45) is 5.92 Å². The molecule has 0 aromatic carbocycles. The van der Waals surface area contributed by atoms with Crippen LogP contribution in [0.25, 0.3) is 0 Å². The monoisotopic (exact) mass is 287 g/mol. The summed E-state index contributed by atoms with van der Waals surface area (Å²) in [5.41, 5.74) is 0.872. The van der Waals surface area contributed by atoms with Crippen molar-refractivity contribution < 1.29 is 22.7 Å². The molecule has 0 radical (unpaired) electrons. The molecular formula is C14H16F3NO2. The van der Waals surface area contributed by atoms with Crippen molar-refractivity contribution in [3.8, 4) is 0 Å². The molecule has 0 aliphatic heterocycles. The summed E-state index contributed by atoms with van der Waals surface area (Å²) in [6.07, 6.45) is -2.97. The molecule has 0 saturated heterocycles. The first kappa shape index (κ1) is 14.8. The van der Waals surface area contributed by atoms with E-state index in [2.05, 4.69) is 9.72 Å². The van der Waals surface area contributed by atoms with Gasteiger partial charge in [-0.2, -0.15) is 13.2 Å². The first-order chi connectivity index (χ1) is 9.41. The number of alkyl halides is 3. The Hall–Kier alpha value is -1.59. The van der Waals surface area contributed by atoms with Gasteiger partial charge < -0.3 is 4.74 Å². The highest BCUT2D eigenvalue weighted by Gasteiger charge is 2.41. The number of esters is 1. The molecule has 1 heterocycles. The molecule has 0 N–H and O–H groups in total. The van der Waals surface area contributed by atoms with Gasteiger partial charge in [-0.05, 0) is 37.8 Å². The van der Waals surface area contributed by atoms with Crippen molar-refractivity contribution in [2.75, 3.05) is 7.11 Å². The van der Waals surface area contributed by atoms with Crippen LogP contribution in [0.4, 0.5) is 13.2 Å². The van der Waals surface area contributed by atoms with Crippen LogP contribution in [0.15, 0.2) is 18.2 Å². The fourth-order valence-corrected chi connectivity index (χ4v) is 2.61. The van der Waals surface area contributed by atoms with Gasteiger partial charge in [0.25, 0.3) is 0 Å². The maximum atomic E-state index is 12.6. The van der Waals surface area contributed by atoms with Crippen molar-refractivity contribution in [3.05, 3.63) is 29.6 Å². The molecule has 6 heteroatoms. The zero-order valence-corrected chi connectivity index (χ0v) is 11.1. The van der Waals surface area contributed by atoms with Crippen molar-refractivity contribution in [2.45, 2.75) is 37.8 Å². The number of aromatic nitrogens is 1. The van der Waals surface area contributed by atoms with Gasteiger partial charge in [0, 0.05) is 11.6 Å². The molecule has 110 valence electrons. The Bertz CT molecular complexity index is 480. The highest BCUT2D eigenvalue weighted by molar-refractivity contribution is 5.87. The fourth-order valence-electron chi connectivity index (χ4n) is 2.61. The minimum Gasteiger partial charge on any atom is -0.464 e. The quantitative estimate of drug-likeness (QED) is 0.778. The van der Waals surface area contributed by atoms with Gasteiger partial charge in [-0.1, -0.05) is 6.07 Å². The van der Waals surface area contributed by atoms with E-state index in [9.17, 15) is 18.0 Å². The van der Waals surface area contributed by atoms with Gasteiger partial charge in [-0.15, -0.1) is 0 Å². The smallest absolute Gasteiger partial charge is 0.391 e. The van der Waals surface area contributed by atoms with Crippen molar-refractivity contribution >= 4 is 5.97 Å². The van der Waals surface area contributed by atoms with Crippen LogP contribution in [0.2, 0.25) is 0 Å². The second kappa shape index (κ2) is 5.81. The van der Waals surface area contributed by atoms with Crippen molar-refractivity contribution in [1.29, 1.82) is 0 Å². The molecule has 1 aliphatic rings. The van der Waals surface area contributed by atoms with Gasteiger partial charge in [0.15, 0.2) is 0 Å². The van der Waals surface area contributed by atoms with Gasteiger partial charge in [0.05, 0.1) is 13.0 Å². The minimum atomic E-state index is -4.10. The van der Waals surface area contributed by atoms with Crippen molar-refractivity contribution in [3.63, 3.8) is 0 Å². The lowest BCUT2D eigenvalue weighted by atomic mass is 9.80. The van der Waals surface area contributed by atoms with Crippen LogP contribution in [0.3, 0.4) is 0 Å². The van der Waals surface area contributed by atoms with E-state index in [1.807, 2.05) is 0 Å². The van der Waals surface area contributed by atoms with Crippen LogP contribution in [0.1, 0.15) is 47.8 Å². The second-order valence-electron chi connectivity index (χ2n) is 5.03. The Balaban J connectivity index is 2.05. The Morgan fingerprint density at radius 2 is 1.90 bits per heavy atom. The van der Waals surface area contributed by atoms with E-state index in [1.54, 1.807) is 12.1 Å². The van der Waals surface area contributed by atoms with E-state index in [1.165, 1.54) is 13.2 Å². The summed E-state index contributed by atoms with van der Waals surface area (Å²) in [4.78, 5) is 15.6. The van der Waals surface area contributed by atoms with Crippen molar-refractivity contribution in [1.82, 2.24) is 4.98 Å². The SMILES string of the molecule is COC(=O)c1cccc(C2CCC(C(F)(F)F)CC2)n1. The summed E-state index contributed by atoms with van der Waals surface area (Å²) in [5, 5.41) is 0. The third kappa shape index (κ3) is 3.29. The molecule has 2 rings (SSSR count). The van der Waals surface area contributed by atoms with E-state index >= 15 is 0 Å². The van der Waals surface area contributed by atoms with E-state index in [0.29, 0.717) is 18.5 Å². The molecule has 1 saturated carbocycles. The number of methoxy groups -OCH3 is 1. The Kier molecular flexibility index (Phi) is 4.30. The van der Waals surface area contributed by atoms with E-state index < -0.39 is 18.1 Å². The highest BCUT2D eigenvalue weighted by atomic mass is 19.4. The normalized spacial score (nSPS) is 23.4.